The first-order valence-corrected chi connectivity index (χ1v) is 16.9. The quantitative estimate of drug-likeness (QED) is 0.259. The SMILES string of the molecule is C=C1CN2CC(=C)CC2(COc2nc3c4c(nc(-c5cc(O)cc6ccc(F)c(CC)c56)c(F)c4n2)O[C@@H](C)[C@@H]2[C@@H]4CC[C@H](CN32)N4)C1. The predicted molar refractivity (Wildman–Crippen MR) is 180 cm³/mol. The number of benzene rings is 2. The monoisotopic (exact) mass is 652 g/mol. The molecule has 248 valence electrons. The summed E-state index contributed by atoms with van der Waals surface area (Å²) in [6, 6.07) is 6.37. The van der Waals surface area contributed by atoms with Gasteiger partial charge in [-0.2, -0.15) is 9.97 Å². The average molecular weight is 653 g/mol. The van der Waals surface area contributed by atoms with Gasteiger partial charge in [0, 0.05) is 37.3 Å². The minimum Gasteiger partial charge on any atom is -0.508 e. The first-order valence-electron chi connectivity index (χ1n) is 16.9. The van der Waals surface area contributed by atoms with Gasteiger partial charge >= 0.3 is 6.01 Å². The Morgan fingerprint density at radius 2 is 1.88 bits per heavy atom. The molecule has 2 bridgehead atoms. The van der Waals surface area contributed by atoms with Crippen LogP contribution in [0.3, 0.4) is 0 Å². The van der Waals surface area contributed by atoms with Crippen LogP contribution in [0, 0.1) is 11.6 Å². The molecule has 0 aliphatic carbocycles. The van der Waals surface area contributed by atoms with Crippen LogP contribution in [0.1, 0.15) is 45.1 Å². The Bertz CT molecular complexity index is 2050. The van der Waals surface area contributed by atoms with Crippen LogP contribution < -0.4 is 19.7 Å². The summed E-state index contributed by atoms with van der Waals surface area (Å²) < 4.78 is 45.5. The molecular weight excluding hydrogens is 614 g/mol. The van der Waals surface area contributed by atoms with E-state index in [9.17, 15) is 5.11 Å². The fourth-order valence-electron chi connectivity index (χ4n) is 9.22. The third-order valence-corrected chi connectivity index (χ3v) is 11.1. The van der Waals surface area contributed by atoms with Gasteiger partial charge in [0.25, 0.3) is 0 Å². The molecule has 2 aromatic heterocycles. The summed E-state index contributed by atoms with van der Waals surface area (Å²) in [5.41, 5.74) is 2.62. The van der Waals surface area contributed by atoms with Crippen molar-refractivity contribution in [3.8, 4) is 28.9 Å². The fraction of sp³-hybridized carbons (Fsp3) is 0.432. The van der Waals surface area contributed by atoms with Crippen molar-refractivity contribution in [2.75, 3.05) is 31.1 Å². The Kier molecular flexibility index (Phi) is 6.56. The van der Waals surface area contributed by atoms with E-state index in [4.69, 9.17) is 24.4 Å². The minimum atomic E-state index is -0.712. The number of nitrogens with zero attached hydrogens (tertiary/aromatic N) is 5. The number of ether oxygens (including phenoxy) is 2. The minimum absolute atomic E-state index is 0.0145. The lowest BCUT2D eigenvalue weighted by molar-refractivity contribution is 0.108. The Balaban J connectivity index is 1.26. The number of nitrogens with one attached hydrogen (secondary N) is 1. The summed E-state index contributed by atoms with van der Waals surface area (Å²) in [7, 11) is 0. The van der Waals surface area contributed by atoms with E-state index in [0.29, 0.717) is 47.1 Å². The van der Waals surface area contributed by atoms with Crippen LogP contribution >= 0.6 is 0 Å². The molecule has 9 nitrogen and oxygen atoms in total. The highest BCUT2D eigenvalue weighted by Gasteiger charge is 2.49. The highest BCUT2D eigenvalue weighted by atomic mass is 19.1. The van der Waals surface area contributed by atoms with Crippen molar-refractivity contribution >= 4 is 27.5 Å². The standard InChI is InChI=1S/C37H38F2N6O3/c1-5-24-26(38)8-6-21-10-23(46)11-25(28(21)24)31-30(39)32-29-34(45-16-22-7-9-27(40-22)33(45)20(4)48-35(29)41-31)43-36(42-32)47-17-37-12-18(2)14-44(37)15-19(3)13-37/h6,8,10-11,20,22,27,33,40,46H,2-3,5,7,9,12-17H2,1,4H3/t20-,22+,27-,33+/m0/s1. The Morgan fingerprint density at radius 3 is 2.65 bits per heavy atom. The molecule has 5 aliphatic heterocycles. The lowest BCUT2D eigenvalue weighted by Gasteiger charge is -2.42. The largest absolute Gasteiger partial charge is 0.508 e. The van der Waals surface area contributed by atoms with Gasteiger partial charge in [0.15, 0.2) is 5.82 Å². The van der Waals surface area contributed by atoms with Crippen LogP contribution in [0.5, 0.6) is 17.6 Å². The van der Waals surface area contributed by atoms with Gasteiger partial charge in [-0.1, -0.05) is 37.3 Å². The first kappa shape index (κ1) is 29.8. The summed E-state index contributed by atoms with van der Waals surface area (Å²) in [6.45, 7) is 14.9. The van der Waals surface area contributed by atoms with Crippen molar-refractivity contribution in [2.24, 2.45) is 0 Å². The van der Waals surface area contributed by atoms with Crippen LogP contribution in [0.2, 0.25) is 0 Å². The van der Waals surface area contributed by atoms with Gasteiger partial charge in [-0.3, -0.25) is 4.90 Å². The second kappa shape index (κ2) is 10.6. The maximum absolute atomic E-state index is 17.2. The average Bonchev–Trinajstić information content (AvgIpc) is 3.65. The number of rotatable bonds is 5. The van der Waals surface area contributed by atoms with E-state index < -0.39 is 11.6 Å². The number of aryl methyl sites for hydroxylation is 1. The number of hydrogen-bond donors (Lipinski definition) is 2. The second-order valence-electron chi connectivity index (χ2n) is 14.3. The molecule has 4 aromatic rings. The van der Waals surface area contributed by atoms with Crippen LogP contribution in [-0.2, 0) is 6.42 Å². The maximum Gasteiger partial charge on any atom is 0.319 e. The number of hydrogen-bond acceptors (Lipinski definition) is 9. The molecule has 4 saturated heterocycles. The smallest absolute Gasteiger partial charge is 0.319 e. The second-order valence-corrected chi connectivity index (χ2v) is 14.3. The summed E-state index contributed by atoms with van der Waals surface area (Å²) in [4.78, 5) is 19.1. The van der Waals surface area contributed by atoms with E-state index in [1.807, 2.05) is 13.8 Å². The fourth-order valence-corrected chi connectivity index (χ4v) is 9.22. The van der Waals surface area contributed by atoms with E-state index >= 15 is 8.78 Å². The molecule has 0 spiro atoms. The lowest BCUT2D eigenvalue weighted by atomic mass is 9.92. The summed E-state index contributed by atoms with van der Waals surface area (Å²) in [5.74, 6) is -0.456. The Labute approximate surface area is 277 Å². The Morgan fingerprint density at radius 1 is 1.08 bits per heavy atom. The molecule has 5 aliphatic rings. The molecule has 0 unspecified atom stereocenters. The predicted octanol–water partition coefficient (Wildman–Crippen LogP) is 5.82. The maximum atomic E-state index is 17.2. The zero-order valence-corrected chi connectivity index (χ0v) is 27.2. The van der Waals surface area contributed by atoms with Gasteiger partial charge in [0.1, 0.15) is 46.7 Å². The van der Waals surface area contributed by atoms with E-state index in [2.05, 4.69) is 28.3 Å². The molecule has 4 fully saturated rings. The van der Waals surface area contributed by atoms with E-state index in [1.165, 1.54) is 12.1 Å². The van der Waals surface area contributed by atoms with E-state index in [0.717, 1.165) is 49.9 Å². The molecule has 7 heterocycles. The molecule has 9 rings (SSSR count). The van der Waals surface area contributed by atoms with Gasteiger partial charge in [-0.15, -0.1) is 0 Å². The number of anilines is 1. The zero-order valence-electron chi connectivity index (χ0n) is 27.2. The number of aromatic nitrogens is 3. The van der Waals surface area contributed by atoms with Crippen LogP contribution in [-0.4, -0.2) is 81.0 Å². The number of piperazine rings is 1. The van der Waals surface area contributed by atoms with E-state index in [-0.39, 0.29) is 64.2 Å². The van der Waals surface area contributed by atoms with Crippen molar-refractivity contribution in [2.45, 2.75) is 75.7 Å². The molecule has 11 heteroatoms. The van der Waals surface area contributed by atoms with Crippen LogP contribution in [0.25, 0.3) is 32.9 Å². The van der Waals surface area contributed by atoms with Gasteiger partial charge < -0.3 is 24.8 Å². The molecule has 2 aromatic carbocycles. The molecule has 0 radical (unpaired) electrons. The molecule has 48 heavy (non-hydrogen) atoms. The topological polar surface area (TPSA) is 95.9 Å². The number of phenolic OH excluding ortho intramolecular Hbond substituents is 1. The van der Waals surface area contributed by atoms with Gasteiger partial charge in [0.05, 0.1) is 11.6 Å². The van der Waals surface area contributed by atoms with Gasteiger partial charge in [-0.05, 0) is 73.6 Å². The van der Waals surface area contributed by atoms with Crippen molar-refractivity contribution < 1.29 is 23.4 Å². The number of pyridine rings is 1. The normalized spacial score (nSPS) is 25.8. The van der Waals surface area contributed by atoms with Crippen molar-refractivity contribution in [3.05, 3.63) is 65.8 Å². The van der Waals surface area contributed by atoms with E-state index in [1.54, 1.807) is 12.1 Å². The number of halogens is 2. The van der Waals surface area contributed by atoms with Gasteiger partial charge in [-0.25, -0.2) is 13.8 Å². The highest BCUT2D eigenvalue weighted by Crippen LogP contribution is 2.47. The molecule has 0 amide bonds. The first-order chi connectivity index (χ1) is 23.1. The highest BCUT2D eigenvalue weighted by molar-refractivity contribution is 6.03. The lowest BCUT2D eigenvalue weighted by Crippen LogP contribution is -2.62. The Hall–Kier alpha value is -4.35. The summed E-state index contributed by atoms with van der Waals surface area (Å²) >= 11 is 0. The zero-order chi connectivity index (χ0) is 33.1. The van der Waals surface area contributed by atoms with Crippen molar-refractivity contribution in [1.82, 2.24) is 25.2 Å². The molecule has 4 atom stereocenters. The van der Waals surface area contributed by atoms with Crippen molar-refractivity contribution in [1.29, 1.82) is 0 Å². The third kappa shape index (κ3) is 4.36. The number of phenols is 1. The molecular formula is C37H38F2N6O3. The van der Waals surface area contributed by atoms with Crippen LogP contribution in [0.4, 0.5) is 14.6 Å². The number of aromatic hydroxyl groups is 1. The number of fused-ring (bicyclic) bond motifs is 7. The summed E-state index contributed by atoms with van der Waals surface area (Å²) in [6.07, 6.45) is 3.65. The van der Waals surface area contributed by atoms with Crippen LogP contribution in [0.15, 0.2) is 48.6 Å². The summed E-state index contributed by atoms with van der Waals surface area (Å²) in [5, 5.41) is 15.9. The van der Waals surface area contributed by atoms with Gasteiger partial charge in [0.2, 0.25) is 5.88 Å². The molecule has 2 N–H and O–H groups in total. The molecule has 0 saturated carbocycles. The van der Waals surface area contributed by atoms with Crippen molar-refractivity contribution in [3.63, 3.8) is 0 Å². The third-order valence-electron chi connectivity index (χ3n) is 11.1.